The molecule has 22 heavy (non-hydrogen) atoms. The third-order valence-corrected chi connectivity index (χ3v) is 3.30. The fraction of sp³-hybridized carbons (Fsp3) is 0.143. The van der Waals surface area contributed by atoms with Gasteiger partial charge in [0.25, 0.3) is 0 Å². The van der Waals surface area contributed by atoms with E-state index in [1.807, 2.05) is 6.07 Å². The molecule has 0 heterocycles. The Kier molecular flexibility index (Phi) is 7.85. The summed E-state index contributed by atoms with van der Waals surface area (Å²) in [5, 5.41) is 0.553. The van der Waals surface area contributed by atoms with Crippen molar-refractivity contribution >= 4 is 22.0 Å². The first kappa shape index (κ1) is 19.4. The maximum atomic E-state index is 10.6. The largest absolute Gasteiger partial charge is 1.00 e. The molecule has 0 saturated carbocycles. The van der Waals surface area contributed by atoms with Crippen LogP contribution in [0, 0.1) is 0 Å². The summed E-state index contributed by atoms with van der Waals surface area (Å²) >= 11 is 5.79. The first-order valence-electron chi connectivity index (χ1n) is 6.01. The quantitative estimate of drug-likeness (QED) is 0.414. The maximum absolute atomic E-state index is 10.6. The Morgan fingerprint density at radius 1 is 1.05 bits per heavy atom. The zero-order valence-electron chi connectivity index (χ0n) is 11.8. The topological polar surface area (TPSA) is 75.7 Å². The van der Waals surface area contributed by atoms with Crippen molar-refractivity contribution in [3.8, 4) is 5.75 Å². The fourth-order valence-corrected chi connectivity index (χ4v) is 2.10. The molecule has 1 unspecified atom stereocenters. The smallest absolute Gasteiger partial charge is 0.726 e. The van der Waals surface area contributed by atoms with E-state index in [0.717, 1.165) is 0 Å². The van der Waals surface area contributed by atoms with Crippen LogP contribution in [0.3, 0.4) is 0 Å². The third kappa shape index (κ3) is 6.66. The van der Waals surface area contributed by atoms with Crippen molar-refractivity contribution in [3.63, 3.8) is 0 Å². The second-order valence-electron chi connectivity index (χ2n) is 4.16. The molecule has 0 spiro atoms. The summed E-state index contributed by atoms with van der Waals surface area (Å²) in [7, 11) is -4.78. The van der Waals surface area contributed by atoms with Crippen molar-refractivity contribution in [3.05, 3.63) is 65.2 Å². The van der Waals surface area contributed by atoms with Gasteiger partial charge >= 0.3 is 29.6 Å². The van der Waals surface area contributed by atoms with Crippen molar-refractivity contribution in [1.29, 1.82) is 0 Å². The maximum Gasteiger partial charge on any atom is 1.00 e. The summed E-state index contributed by atoms with van der Waals surface area (Å²) in [6.07, 6.45) is -0.726. The molecule has 0 amide bonds. The molecule has 0 bridgehead atoms. The van der Waals surface area contributed by atoms with Gasteiger partial charge in [-0.25, -0.2) is 8.42 Å². The zero-order valence-corrected chi connectivity index (χ0v) is 15.4. The first-order valence-corrected chi connectivity index (χ1v) is 7.72. The zero-order chi connectivity index (χ0) is 15.3. The Labute approximate surface area is 156 Å². The predicted molar refractivity (Wildman–Crippen MR) is 76.9 cm³/mol. The number of halogens is 1. The normalized spacial score (nSPS) is 12.3. The van der Waals surface area contributed by atoms with E-state index in [9.17, 15) is 13.0 Å². The van der Waals surface area contributed by atoms with E-state index in [-0.39, 0.29) is 29.6 Å². The SMILES string of the molecule is O=S(=O)([O-])OCC(Oc1ccc(Cl)cc1)c1ccccc1.[Na+]. The molecule has 0 aliphatic rings. The van der Waals surface area contributed by atoms with E-state index in [1.54, 1.807) is 48.5 Å². The molecule has 0 aliphatic carbocycles. The number of benzene rings is 2. The average Bonchev–Trinajstić information content (AvgIpc) is 2.45. The Morgan fingerprint density at radius 2 is 1.64 bits per heavy atom. The minimum absolute atomic E-state index is 0. The summed E-state index contributed by atoms with van der Waals surface area (Å²) in [6.45, 7) is -0.404. The van der Waals surface area contributed by atoms with Gasteiger partial charge in [0.1, 0.15) is 18.5 Å². The number of hydrogen-bond donors (Lipinski definition) is 0. The standard InChI is InChI=1S/C14H13ClO5S.Na/c15-12-6-8-13(9-7-12)20-14(10-19-21(16,17)18)11-4-2-1-3-5-11;/h1-9,14H,10H2,(H,16,17,18);/q;+1/p-1. The number of hydrogen-bond acceptors (Lipinski definition) is 5. The molecule has 112 valence electrons. The molecule has 8 heteroatoms. The predicted octanol–water partition coefficient (Wildman–Crippen LogP) is -0.0591. The van der Waals surface area contributed by atoms with E-state index in [4.69, 9.17) is 16.3 Å². The van der Waals surface area contributed by atoms with Crippen LogP contribution in [-0.4, -0.2) is 19.6 Å². The van der Waals surface area contributed by atoms with Gasteiger partial charge in [0, 0.05) is 5.02 Å². The van der Waals surface area contributed by atoms with E-state index in [0.29, 0.717) is 16.3 Å². The first-order chi connectivity index (χ1) is 9.94. The van der Waals surface area contributed by atoms with Crippen LogP contribution < -0.4 is 34.3 Å². The summed E-state index contributed by atoms with van der Waals surface area (Å²) in [5.41, 5.74) is 0.691. The Hall–Kier alpha value is -0.600. The minimum atomic E-state index is -4.78. The fourth-order valence-electron chi connectivity index (χ4n) is 1.69. The molecule has 0 radical (unpaired) electrons. The molecule has 0 N–H and O–H groups in total. The van der Waals surface area contributed by atoms with Crippen LogP contribution >= 0.6 is 11.6 Å². The molecule has 5 nitrogen and oxygen atoms in total. The molecular weight excluding hydrogens is 339 g/mol. The molecule has 1 atom stereocenters. The van der Waals surface area contributed by atoms with Crippen molar-refractivity contribution in [1.82, 2.24) is 0 Å². The van der Waals surface area contributed by atoms with Gasteiger partial charge in [-0.1, -0.05) is 41.9 Å². The Balaban J connectivity index is 0.00000242. The van der Waals surface area contributed by atoms with Gasteiger partial charge < -0.3 is 9.29 Å². The summed E-state index contributed by atoms with van der Waals surface area (Å²) in [4.78, 5) is 0. The molecule has 0 aromatic heterocycles. The van der Waals surface area contributed by atoms with Crippen molar-refractivity contribution < 1.29 is 51.4 Å². The van der Waals surface area contributed by atoms with Crippen LogP contribution in [0.2, 0.25) is 5.02 Å². The van der Waals surface area contributed by atoms with E-state index >= 15 is 0 Å². The molecule has 0 aliphatic heterocycles. The van der Waals surface area contributed by atoms with Gasteiger partial charge in [-0.2, -0.15) is 0 Å². The Morgan fingerprint density at radius 3 is 2.18 bits per heavy atom. The molecule has 2 rings (SSSR count). The van der Waals surface area contributed by atoms with E-state index < -0.39 is 23.1 Å². The molecule has 0 saturated heterocycles. The Bertz CT molecular complexity index is 676. The van der Waals surface area contributed by atoms with Gasteiger partial charge in [0.15, 0.2) is 0 Å². The monoisotopic (exact) mass is 350 g/mol. The van der Waals surface area contributed by atoms with Crippen LogP contribution in [0.4, 0.5) is 0 Å². The summed E-state index contributed by atoms with van der Waals surface area (Å²) in [6, 6.07) is 15.4. The van der Waals surface area contributed by atoms with Gasteiger partial charge in [0.2, 0.25) is 10.4 Å². The van der Waals surface area contributed by atoms with E-state index in [1.165, 1.54) is 0 Å². The number of ether oxygens (including phenoxy) is 1. The van der Waals surface area contributed by atoms with Crippen LogP contribution in [0.15, 0.2) is 54.6 Å². The summed E-state index contributed by atoms with van der Waals surface area (Å²) in [5.74, 6) is 0.486. The molecular formula is C14H12ClNaO5S. The van der Waals surface area contributed by atoms with Gasteiger partial charge in [-0.15, -0.1) is 0 Å². The van der Waals surface area contributed by atoms with Crippen LogP contribution in [0.25, 0.3) is 0 Å². The van der Waals surface area contributed by atoms with Gasteiger partial charge in [-0.3, -0.25) is 4.18 Å². The second-order valence-corrected chi connectivity index (χ2v) is 5.65. The van der Waals surface area contributed by atoms with Gasteiger partial charge in [0.05, 0.1) is 0 Å². The molecule has 2 aromatic rings. The third-order valence-electron chi connectivity index (χ3n) is 2.63. The number of rotatable bonds is 6. The summed E-state index contributed by atoms with van der Waals surface area (Å²) < 4.78 is 41.8. The minimum Gasteiger partial charge on any atom is -0.726 e. The van der Waals surface area contributed by atoms with Crippen LogP contribution in [0.1, 0.15) is 11.7 Å². The van der Waals surface area contributed by atoms with E-state index in [2.05, 4.69) is 4.18 Å². The van der Waals surface area contributed by atoms with Crippen LogP contribution in [-0.2, 0) is 14.6 Å². The molecule has 0 fully saturated rings. The van der Waals surface area contributed by atoms with Crippen LogP contribution in [0.5, 0.6) is 5.75 Å². The van der Waals surface area contributed by atoms with Crippen molar-refractivity contribution in [2.75, 3.05) is 6.61 Å². The van der Waals surface area contributed by atoms with Crippen molar-refractivity contribution in [2.45, 2.75) is 6.10 Å². The molecule has 2 aromatic carbocycles. The second kappa shape index (κ2) is 8.88. The average molecular weight is 351 g/mol. The van der Waals surface area contributed by atoms with Crippen molar-refractivity contribution in [2.24, 2.45) is 0 Å². The van der Waals surface area contributed by atoms with Gasteiger partial charge in [-0.05, 0) is 29.8 Å².